The predicted molar refractivity (Wildman–Crippen MR) is 104 cm³/mol. The lowest BCUT2D eigenvalue weighted by Crippen LogP contribution is -2.24. The van der Waals surface area contributed by atoms with Crippen LogP contribution in [0.25, 0.3) is 11.0 Å². The molecule has 0 saturated heterocycles. The Hall–Kier alpha value is -3.28. The number of ether oxygens (including phenoxy) is 1. The third kappa shape index (κ3) is 4.47. The molecule has 2 amide bonds. The van der Waals surface area contributed by atoms with Gasteiger partial charge in [-0.1, -0.05) is 6.07 Å². The second-order valence-electron chi connectivity index (χ2n) is 6.41. The number of carbonyl (C=O) groups excluding carboxylic acids is 2. The molecule has 1 heterocycles. The molecule has 0 aliphatic carbocycles. The van der Waals surface area contributed by atoms with Gasteiger partial charge in [0, 0.05) is 29.8 Å². The molecule has 0 saturated carbocycles. The van der Waals surface area contributed by atoms with Crippen molar-refractivity contribution >= 4 is 28.5 Å². The molecule has 27 heavy (non-hydrogen) atoms. The van der Waals surface area contributed by atoms with E-state index in [0.717, 1.165) is 27.7 Å². The average Bonchev–Trinajstić information content (AvgIpc) is 3.01. The van der Waals surface area contributed by atoms with E-state index in [9.17, 15) is 9.59 Å². The maximum atomic E-state index is 12.4. The van der Waals surface area contributed by atoms with Crippen molar-refractivity contribution in [2.24, 2.45) is 0 Å². The largest absolute Gasteiger partial charge is 0.484 e. The van der Waals surface area contributed by atoms with E-state index < -0.39 is 0 Å². The summed E-state index contributed by atoms with van der Waals surface area (Å²) in [5, 5.41) is 6.29. The van der Waals surface area contributed by atoms with Crippen LogP contribution < -0.4 is 15.4 Å². The Morgan fingerprint density at radius 1 is 1.07 bits per heavy atom. The first-order chi connectivity index (χ1) is 13.0. The van der Waals surface area contributed by atoms with Gasteiger partial charge in [0.25, 0.3) is 5.91 Å². The molecule has 2 aromatic carbocycles. The minimum Gasteiger partial charge on any atom is -0.484 e. The van der Waals surface area contributed by atoms with Crippen LogP contribution in [0.15, 0.2) is 47.1 Å². The van der Waals surface area contributed by atoms with Crippen LogP contribution in [0.3, 0.4) is 0 Å². The van der Waals surface area contributed by atoms with Gasteiger partial charge in [-0.3, -0.25) is 9.59 Å². The lowest BCUT2D eigenvalue weighted by atomic mass is 10.0. The second-order valence-corrected chi connectivity index (χ2v) is 6.41. The van der Waals surface area contributed by atoms with Gasteiger partial charge in [-0.05, 0) is 49.2 Å². The second kappa shape index (κ2) is 7.95. The molecule has 0 bridgehead atoms. The van der Waals surface area contributed by atoms with Gasteiger partial charge in [0.1, 0.15) is 11.3 Å². The fourth-order valence-electron chi connectivity index (χ4n) is 2.74. The van der Waals surface area contributed by atoms with Crippen LogP contribution in [-0.4, -0.2) is 25.5 Å². The maximum absolute atomic E-state index is 12.4. The zero-order chi connectivity index (χ0) is 19.4. The summed E-state index contributed by atoms with van der Waals surface area (Å²) in [7, 11) is 1.55. The zero-order valence-corrected chi connectivity index (χ0v) is 15.6. The summed E-state index contributed by atoms with van der Waals surface area (Å²) in [6.07, 6.45) is 1.84. The Balaban J connectivity index is 1.68. The zero-order valence-electron chi connectivity index (χ0n) is 15.6. The van der Waals surface area contributed by atoms with E-state index in [-0.39, 0.29) is 24.8 Å². The Morgan fingerprint density at radius 2 is 1.85 bits per heavy atom. The number of amides is 2. The van der Waals surface area contributed by atoms with E-state index in [1.165, 1.54) is 0 Å². The van der Waals surface area contributed by atoms with E-state index in [4.69, 9.17) is 9.15 Å². The third-order valence-corrected chi connectivity index (χ3v) is 4.39. The van der Waals surface area contributed by atoms with E-state index in [1.54, 1.807) is 37.6 Å². The lowest BCUT2D eigenvalue weighted by Gasteiger charge is -2.08. The first-order valence-corrected chi connectivity index (χ1v) is 8.67. The van der Waals surface area contributed by atoms with Crippen molar-refractivity contribution in [3.05, 3.63) is 59.4 Å². The highest BCUT2D eigenvalue weighted by atomic mass is 16.5. The van der Waals surface area contributed by atoms with E-state index in [2.05, 4.69) is 10.6 Å². The highest BCUT2D eigenvalue weighted by molar-refractivity contribution is 5.95. The third-order valence-electron chi connectivity index (χ3n) is 4.39. The molecule has 0 unspecified atom stereocenters. The van der Waals surface area contributed by atoms with Crippen molar-refractivity contribution in [2.45, 2.75) is 20.3 Å². The quantitative estimate of drug-likeness (QED) is 0.701. The highest BCUT2D eigenvalue weighted by Crippen LogP contribution is 2.25. The highest BCUT2D eigenvalue weighted by Gasteiger charge is 2.12. The number of hydrogen-bond acceptors (Lipinski definition) is 4. The number of rotatable bonds is 6. The molecule has 0 radical (unpaired) electrons. The van der Waals surface area contributed by atoms with Gasteiger partial charge in [-0.2, -0.15) is 0 Å². The summed E-state index contributed by atoms with van der Waals surface area (Å²) in [5.74, 6) is 0.137. The average molecular weight is 366 g/mol. The van der Waals surface area contributed by atoms with Gasteiger partial charge in [0.05, 0.1) is 12.7 Å². The first kappa shape index (κ1) is 18.5. The van der Waals surface area contributed by atoms with Gasteiger partial charge >= 0.3 is 0 Å². The molecule has 3 aromatic rings. The number of fused-ring (bicyclic) bond motifs is 1. The maximum Gasteiger partial charge on any atom is 0.257 e. The molecular formula is C21H22N2O4. The minimum atomic E-state index is -0.221. The van der Waals surface area contributed by atoms with Crippen LogP contribution >= 0.6 is 0 Å². The molecule has 6 nitrogen and oxygen atoms in total. The number of carbonyl (C=O) groups is 2. The molecule has 3 rings (SSSR count). The molecule has 0 aliphatic heterocycles. The lowest BCUT2D eigenvalue weighted by molar-refractivity contribution is -0.122. The molecular weight excluding hydrogens is 344 g/mol. The fraction of sp³-hybridized carbons (Fsp3) is 0.238. The van der Waals surface area contributed by atoms with Crippen LogP contribution in [0.2, 0.25) is 0 Å². The van der Waals surface area contributed by atoms with Crippen LogP contribution in [0.1, 0.15) is 16.7 Å². The van der Waals surface area contributed by atoms with Gasteiger partial charge in [0.2, 0.25) is 5.91 Å². The number of hydrogen-bond donors (Lipinski definition) is 2. The van der Waals surface area contributed by atoms with Crippen LogP contribution in [0, 0.1) is 13.8 Å². The monoisotopic (exact) mass is 366 g/mol. The summed E-state index contributed by atoms with van der Waals surface area (Å²) in [6.45, 7) is 3.99. The van der Waals surface area contributed by atoms with Crippen molar-refractivity contribution in [3.63, 3.8) is 0 Å². The number of anilines is 1. The van der Waals surface area contributed by atoms with Gasteiger partial charge in [-0.25, -0.2) is 0 Å². The summed E-state index contributed by atoms with van der Waals surface area (Å²) in [4.78, 5) is 23.7. The normalized spacial score (nSPS) is 10.6. The topological polar surface area (TPSA) is 80.6 Å². The van der Waals surface area contributed by atoms with Crippen molar-refractivity contribution in [1.29, 1.82) is 0 Å². The molecule has 0 spiro atoms. The minimum absolute atomic E-state index is 0.0757. The van der Waals surface area contributed by atoms with Gasteiger partial charge in [-0.15, -0.1) is 0 Å². The summed E-state index contributed by atoms with van der Waals surface area (Å²) in [6, 6.07) is 11.0. The number of furan rings is 1. The van der Waals surface area contributed by atoms with Crippen molar-refractivity contribution in [2.75, 3.05) is 19.0 Å². The Morgan fingerprint density at radius 3 is 2.63 bits per heavy atom. The number of aryl methyl sites for hydroxylation is 2. The van der Waals surface area contributed by atoms with E-state index >= 15 is 0 Å². The molecule has 0 fully saturated rings. The Labute approximate surface area is 157 Å². The molecule has 6 heteroatoms. The predicted octanol–water partition coefficient (Wildman–Crippen LogP) is 3.36. The Kier molecular flexibility index (Phi) is 5.45. The molecule has 0 aliphatic rings. The molecule has 0 atom stereocenters. The standard InChI is InChI=1S/C21H22N2O4/c1-13-7-18-15(11-27-19(18)8-14(13)2)9-20(24)23-16-5-4-6-17(10-16)26-12-21(25)22-3/h4-8,10-11H,9,12H2,1-3H3,(H,22,25)(H,23,24). The summed E-state index contributed by atoms with van der Waals surface area (Å²) >= 11 is 0. The summed E-state index contributed by atoms with van der Waals surface area (Å²) in [5.41, 5.74) is 4.55. The molecule has 1 aromatic heterocycles. The number of likely N-dealkylation sites (N-methyl/N-ethyl adjacent to an activating group) is 1. The van der Waals surface area contributed by atoms with Crippen LogP contribution in [0.4, 0.5) is 5.69 Å². The number of benzene rings is 2. The van der Waals surface area contributed by atoms with Crippen LogP contribution in [0.5, 0.6) is 5.75 Å². The van der Waals surface area contributed by atoms with Crippen molar-refractivity contribution in [1.82, 2.24) is 5.32 Å². The smallest absolute Gasteiger partial charge is 0.257 e. The van der Waals surface area contributed by atoms with Crippen LogP contribution in [-0.2, 0) is 16.0 Å². The van der Waals surface area contributed by atoms with E-state index in [1.807, 2.05) is 26.0 Å². The molecule has 2 N–H and O–H groups in total. The van der Waals surface area contributed by atoms with Crippen molar-refractivity contribution in [3.8, 4) is 5.75 Å². The number of nitrogens with one attached hydrogen (secondary N) is 2. The first-order valence-electron chi connectivity index (χ1n) is 8.67. The summed E-state index contributed by atoms with van der Waals surface area (Å²) < 4.78 is 11.0. The molecule has 140 valence electrons. The Bertz CT molecular complexity index is 991. The fourth-order valence-corrected chi connectivity index (χ4v) is 2.74. The van der Waals surface area contributed by atoms with Gasteiger partial charge in [0.15, 0.2) is 6.61 Å². The SMILES string of the molecule is CNC(=O)COc1cccc(NC(=O)Cc2coc3cc(C)c(C)cc23)c1. The van der Waals surface area contributed by atoms with Crippen molar-refractivity contribution < 1.29 is 18.7 Å². The van der Waals surface area contributed by atoms with Gasteiger partial charge < -0.3 is 19.8 Å². The van der Waals surface area contributed by atoms with E-state index in [0.29, 0.717) is 11.4 Å².